The number of aryl methyl sites for hydroxylation is 1. The Hall–Kier alpha value is -1.39. The van der Waals surface area contributed by atoms with E-state index in [1.165, 1.54) is 10.3 Å². The van der Waals surface area contributed by atoms with Crippen molar-refractivity contribution >= 4 is 38.6 Å². The molecule has 0 radical (unpaired) electrons. The van der Waals surface area contributed by atoms with Crippen LogP contribution in [0, 0.1) is 6.92 Å². The molecule has 0 aliphatic carbocycles. The van der Waals surface area contributed by atoms with Crippen LogP contribution in [0.2, 0.25) is 0 Å². The first-order valence-corrected chi connectivity index (χ1v) is 7.64. The molecule has 92 valence electrons. The fraction of sp³-hybridized carbons (Fsp3) is 0.214. The Balaban J connectivity index is 1.86. The Morgan fingerprint density at radius 1 is 1.28 bits per heavy atom. The molecule has 0 spiro atoms. The molecule has 0 bridgehead atoms. The van der Waals surface area contributed by atoms with E-state index in [1.54, 1.807) is 22.7 Å². The molecular formula is C14H14N2S2. The smallest absolute Gasteiger partial charge is 0.0907 e. The minimum atomic E-state index is 0.336. The van der Waals surface area contributed by atoms with Gasteiger partial charge in [-0.3, -0.25) is 0 Å². The molecule has 1 unspecified atom stereocenters. The van der Waals surface area contributed by atoms with Crippen molar-refractivity contribution in [2.45, 2.75) is 19.9 Å². The average Bonchev–Trinajstić information content (AvgIpc) is 2.95. The summed E-state index contributed by atoms with van der Waals surface area (Å²) in [6.45, 7) is 4.23. The fourth-order valence-corrected chi connectivity index (χ4v) is 3.60. The predicted octanol–water partition coefficient (Wildman–Crippen LogP) is 4.84. The predicted molar refractivity (Wildman–Crippen MR) is 80.7 cm³/mol. The first-order valence-electron chi connectivity index (χ1n) is 5.88. The first kappa shape index (κ1) is 11.7. The molecule has 0 aliphatic rings. The minimum Gasteiger partial charge on any atom is -0.378 e. The molecular weight excluding hydrogens is 260 g/mol. The zero-order valence-electron chi connectivity index (χ0n) is 10.3. The molecule has 3 rings (SSSR count). The summed E-state index contributed by atoms with van der Waals surface area (Å²) >= 11 is 3.48. The number of nitrogens with zero attached hydrogens (tertiary/aromatic N) is 1. The van der Waals surface area contributed by atoms with E-state index in [-0.39, 0.29) is 0 Å². The van der Waals surface area contributed by atoms with Gasteiger partial charge in [-0.15, -0.1) is 11.3 Å². The Kier molecular flexibility index (Phi) is 3.06. The maximum absolute atomic E-state index is 4.48. The highest BCUT2D eigenvalue weighted by atomic mass is 32.1. The highest BCUT2D eigenvalue weighted by molar-refractivity contribution is 7.18. The molecule has 1 atom stereocenters. The molecule has 0 saturated heterocycles. The van der Waals surface area contributed by atoms with Gasteiger partial charge in [0.1, 0.15) is 0 Å². The number of thiophene rings is 1. The standard InChI is InChI=1S/C14H14N2S2/c1-9(11-5-6-17-8-11)15-12-3-4-13-14(7-12)18-10(2)16-13/h3-9,15H,1-2H3. The lowest BCUT2D eigenvalue weighted by molar-refractivity contribution is 0.891. The van der Waals surface area contributed by atoms with Gasteiger partial charge in [-0.2, -0.15) is 11.3 Å². The second kappa shape index (κ2) is 4.71. The normalized spacial score (nSPS) is 12.8. The zero-order valence-corrected chi connectivity index (χ0v) is 11.9. The summed E-state index contributed by atoms with van der Waals surface area (Å²) in [4.78, 5) is 4.48. The van der Waals surface area contributed by atoms with Gasteiger partial charge in [0.2, 0.25) is 0 Å². The lowest BCUT2D eigenvalue weighted by atomic mass is 10.1. The van der Waals surface area contributed by atoms with Crippen molar-refractivity contribution in [2.24, 2.45) is 0 Å². The van der Waals surface area contributed by atoms with E-state index < -0.39 is 0 Å². The average molecular weight is 274 g/mol. The van der Waals surface area contributed by atoms with Gasteiger partial charge in [0, 0.05) is 11.7 Å². The number of aromatic nitrogens is 1. The third-order valence-corrected chi connectivity index (χ3v) is 4.56. The lowest BCUT2D eigenvalue weighted by Gasteiger charge is -2.13. The van der Waals surface area contributed by atoms with Crippen LogP contribution in [0.25, 0.3) is 10.2 Å². The third-order valence-electron chi connectivity index (χ3n) is 2.92. The Bertz CT molecular complexity index is 656. The van der Waals surface area contributed by atoms with Crippen molar-refractivity contribution in [2.75, 3.05) is 5.32 Å². The minimum absolute atomic E-state index is 0.336. The van der Waals surface area contributed by atoms with Gasteiger partial charge < -0.3 is 5.32 Å². The summed E-state index contributed by atoms with van der Waals surface area (Å²) in [5.41, 5.74) is 3.58. The third kappa shape index (κ3) is 2.26. The fourth-order valence-electron chi connectivity index (χ4n) is 1.98. The Morgan fingerprint density at radius 2 is 2.17 bits per heavy atom. The monoisotopic (exact) mass is 274 g/mol. The zero-order chi connectivity index (χ0) is 12.5. The number of hydrogen-bond acceptors (Lipinski definition) is 4. The van der Waals surface area contributed by atoms with E-state index in [9.17, 15) is 0 Å². The molecule has 2 nitrogen and oxygen atoms in total. The van der Waals surface area contributed by atoms with Gasteiger partial charge in [-0.05, 0) is 54.4 Å². The number of benzene rings is 1. The van der Waals surface area contributed by atoms with Crippen molar-refractivity contribution in [3.63, 3.8) is 0 Å². The van der Waals surface area contributed by atoms with Gasteiger partial charge in [-0.25, -0.2) is 4.98 Å². The molecule has 1 N–H and O–H groups in total. The highest BCUT2D eigenvalue weighted by Gasteiger charge is 2.07. The molecule has 1 aromatic carbocycles. The van der Waals surface area contributed by atoms with Crippen molar-refractivity contribution in [3.8, 4) is 0 Å². The molecule has 2 aromatic heterocycles. The van der Waals surface area contributed by atoms with E-state index in [0.717, 1.165) is 16.2 Å². The van der Waals surface area contributed by atoms with Crippen molar-refractivity contribution in [1.82, 2.24) is 4.98 Å². The van der Waals surface area contributed by atoms with Crippen LogP contribution in [-0.2, 0) is 0 Å². The van der Waals surface area contributed by atoms with Crippen LogP contribution in [-0.4, -0.2) is 4.98 Å². The molecule has 0 amide bonds. The van der Waals surface area contributed by atoms with Crippen molar-refractivity contribution < 1.29 is 0 Å². The SMILES string of the molecule is Cc1nc2ccc(NC(C)c3ccsc3)cc2s1. The summed E-state index contributed by atoms with van der Waals surface area (Å²) in [7, 11) is 0. The van der Waals surface area contributed by atoms with Gasteiger partial charge in [0.15, 0.2) is 0 Å². The number of anilines is 1. The number of nitrogens with one attached hydrogen (secondary N) is 1. The van der Waals surface area contributed by atoms with Crippen LogP contribution in [0.15, 0.2) is 35.0 Å². The second-order valence-corrected chi connectivity index (χ2v) is 6.35. The molecule has 3 aromatic rings. The van der Waals surface area contributed by atoms with Crippen molar-refractivity contribution in [3.05, 3.63) is 45.6 Å². The second-order valence-electron chi connectivity index (χ2n) is 4.34. The molecule has 4 heteroatoms. The van der Waals surface area contributed by atoms with E-state index in [4.69, 9.17) is 0 Å². The Morgan fingerprint density at radius 3 is 2.94 bits per heavy atom. The van der Waals surface area contributed by atoms with Crippen LogP contribution in [0.4, 0.5) is 5.69 Å². The van der Waals surface area contributed by atoms with E-state index in [2.05, 4.69) is 52.3 Å². The molecule has 18 heavy (non-hydrogen) atoms. The maximum atomic E-state index is 4.48. The summed E-state index contributed by atoms with van der Waals surface area (Å²) in [5.74, 6) is 0. The molecule has 0 aliphatic heterocycles. The van der Waals surface area contributed by atoms with Gasteiger partial charge in [0.05, 0.1) is 15.2 Å². The number of fused-ring (bicyclic) bond motifs is 1. The van der Waals surface area contributed by atoms with Gasteiger partial charge in [0.25, 0.3) is 0 Å². The van der Waals surface area contributed by atoms with Gasteiger partial charge >= 0.3 is 0 Å². The number of hydrogen-bond donors (Lipinski definition) is 1. The largest absolute Gasteiger partial charge is 0.378 e. The van der Waals surface area contributed by atoms with Crippen LogP contribution in [0.3, 0.4) is 0 Å². The lowest BCUT2D eigenvalue weighted by Crippen LogP contribution is -2.04. The topological polar surface area (TPSA) is 24.9 Å². The maximum Gasteiger partial charge on any atom is 0.0907 e. The van der Waals surface area contributed by atoms with Crippen molar-refractivity contribution in [1.29, 1.82) is 0 Å². The van der Waals surface area contributed by atoms with Crippen LogP contribution < -0.4 is 5.32 Å². The van der Waals surface area contributed by atoms with E-state index >= 15 is 0 Å². The number of rotatable bonds is 3. The van der Waals surface area contributed by atoms with Gasteiger partial charge in [-0.1, -0.05) is 0 Å². The molecule has 0 saturated carbocycles. The summed E-state index contributed by atoms with van der Waals surface area (Å²) in [5, 5.41) is 8.95. The molecule has 2 heterocycles. The van der Waals surface area contributed by atoms with E-state index in [1.807, 2.05) is 6.92 Å². The van der Waals surface area contributed by atoms with E-state index in [0.29, 0.717) is 6.04 Å². The van der Waals surface area contributed by atoms with Crippen LogP contribution in [0.5, 0.6) is 0 Å². The highest BCUT2D eigenvalue weighted by Crippen LogP contribution is 2.27. The summed E-state index contributed by atoms with van der Waals surface area (Å²) < 4.78 is 1.25. The van der Waals surface area contributed by atoms with Crippen LogP contribution in [0.1, 0.15) is 23.5 Å². The summed E-state index contributed by atoms with van der Waals surface area (Å²) in [6.07, 6.45) is 0. The summed E-state index contributed by atoms with van der Waals surface area (Å²) in [6, 6.07) is 8.87. The van der Waals surface area contributed by atoms with Crippen LogP contribution >= 0.6 is 22.7 Å². The number of thiazole rings is 1. The first-order chi connectivity index (χ1) is 8.72. The quantitative estimate of drug-likeness (QED) is 0.739. The molecule has 0 fully saturated rings. The Labute approximate surface area is 114 Å².